The molecule has 7 nitrogen and oxygen atoms in total. The smallest absolute Gasteiger partial charge is 0.244 e. The molecule has 1 saturated carbocycles. The van der Waals surface area contributed by atoms with Crippen LogP contribution >= 0.6 is 0 Å². The minimum Gasteiger partial charge on any atom is -0.474 e. The highest BCUT2D eigenvalue weighted by molar-refractivity contribution is 5.83. The van der Waals surface area contributed by atoms with E-state index in [2.05, 4.69) is 57.1 Å². The number of hydrogen-bond donors (Lipinski definition) is 0. The van der Waals surface area contributed by atoms with Gasteiger partial charge in [-0.25, -0.2) is 4.98 Å². The predicted molar refractivity (Wildman–Crippen MR) is 130 cm³/mol. The maximum Gasteiger partial charge on any atom is 0.244 e. The Morgan fingerprint density at radius 1 is 1.03 bits per heavy atom. The van der Waals surface area contributed by atoms with E-state index >= 15 is 0 Å². The van der Waals surface area contributed by atoms with E-state index in [1.54, 1.807) is 6.20 Å². The third-order valence-electron chi connectivity index (χ3n) is 7.28. The second-order valence-corrected chi connectivity index (χ2v) is 9.63. The summed E-state index contributed by atoms with van der Waals surface area (Å²) in [5.41, 5.74) is 3.45. The summed E-state index contributed by atoms with van der Waals surface area (Å²) in [6.45, 7) is 1.90. The number of hydrogen-bond acceptors (Lipinski definition) is 6. The molecule has 34 heavy (non-hydrogen) atoms. The molecule has 0 spiro atoms. The molecule has 4 aromatic rings. The molecule has 0 bridgehead atoms. The van der Waals surface area contributed by atoms with Crippen LogP contribution in [-0.4, -0.2) is 37.2 Å². The van der Waals surface area contributed by atoms with Crippen molar-refractivity contribution in [2.24, 2.45) is 7.05 Å². The quantitative estimate of drug-likeness (QED) is 0.371. The van der Waals surface area contributed by atoms with Gasteiger partial charge in [0.15, 0.2) is 0 Å². The van der Waals surface area contributed by atoms with Gasteiger partial charge in [-0.15, -0.1) is 0 Å². The van der Waals surface area contributed by atoms with E-state index in [0.717, 1.165) is 44.3 Å². The molecule has 1 unspecified atom stereocenters. The summed E-state index contributed by atoms with van der Waals surface area (Å²) >= 11 is 0. The van der Waals surface area contributed by atoms with E-state index in [0.29, 0.717) is 23.7 Å². The Bertz CT molecular complexity index is 1260. The highest BCUT2D eigenvalue weighted by Crippen LogP contribution is 2.34. The van der Waals surface area contributed by atoms with Gasteiger partial charge >= 0.3 is 0 Å². The molecule has 1 aliphatic carbocycles. The van der Waals surface area contributed by atoms with Crippen LogP contribution in [0.1, 0.15) is 62.4 Å². The van der Waals surface area contributed by atoms with E-state index in [1.165, 1.54) is 35.7 Å². The Hall–Kier alpha value is -3.19. The van der Waals surface area contributed by atoms with Crippen LogP contribution in [0.4, 0.5) is 0 Å². The number of likely N-dealkylation sites (tertiary alicyclic amines) is 1. The molecule has 2 aliphatic rings. The molecule has 0 radical (unpaired) electrons. The van der Waals surface area contributed by atoms with Crippen molar-refractivity contribution in [2.75, 3.05) is 6.54 Å². The molecule has 1 aromatic carbocycles. The maximum absolute atomic E-state index is 6.05. The van der Waals surface area contributed by atoms with Crippen LogP contribution in [0.3, 0.4) is 0 Å². The molecular weight excluding hydrogens is 426 g/mol. The summed E-state index contributed by atoms with van der Waals surface area (Å²) < 4.78 is 14.0. The first-order valence-electron chi connectivity index (χ1n) is 12.5. The Morgan fingerprint density at radius 3 is 2.76 bits per heavy atom. The van der Waals surface area contributed by atoms with Gasteiger partial charge in [0, 0.05) is 48.5 Å². The van der Waals surface area contributed by atoms with Gasteiger partial charge in [-0.3, -0.25) is 4.90 Å². The number of pyridine rings is 1. The van der Waals surface area contributed by atoms with Crippen LogP contribution in [-0.2, 0) is 13.6 Å². The predicted octanol–water partition coefficient (Wildman–Crippen LogP) is 5.67. The summed E-state index contributed by atoms with van der Waals surface area (Å²) in [5.74, 6) is 1.95. The van der Waals surface area contributed by atoms with Crippen LogP contribution in [0.2, 0.25) is 0 Å². The Balaban J connectivity index is 1.16. The first-order valence-corrected chi connectivity index (χ1v) is 12.5. The molecule has 4 heterocycles. The van der Waals surface area contributed by atoms with Gasteiger partial charge in [0.2, 0.25) is 17.6 Å². The van der Waals surface area contributed by atoms with E-state index in [4.69, 9.17) is 14.2 Å². The number of rotatable bonds is 6. The molecular formula is C27H31N5O2. The Labute approximate surface area is 199 Å². The lowest BCUT2D eigenvalue weighted by Crippen LogP contribution is -2.22. The number of fused-ring (bicyclic) bond motifs is 1. The lowest BCUT2D eigenvalue weighted by atomic mass is 9.98. The van der Waals surface area contributed by atoms with Crippen molar-refractivity contribution in [3.63, 3.8) is 0 Å². The molecule has 1 atom stereocenters. The molecule has 176 valence electrons. The van der Waals surface area contributed by atoms with E-state index in [1.807, 2.05) is 12.1 Å². The average molecular weight is 458 g/mol. The van der Waals surface area contributed by atoms with Crippen molar-refractivity contribution in [3.05, 3.63) is 60.2 Å². The highest BCUT2D eigenvalue weighted by atomic mass is 16.5. The zero-order valence-corrected chi connectivity index (χ0v) is 19.7. The first kappa shape index (κ1) is 21.4. The minimum atomic E-state index is 0.141. The van der Waals surface area contributed by atoms with Gasteiger partial charge in [0.05, 0.1) is 6.04 Å². The molecule has 1 saturated heterocycles. The van der Waals surface area contributed by atoms with Crippen LogP contribution in [0.25, 0.3) is 22.3 Å². The molecule has 0 amide bonds. The number of aryl methyl sites for hydroxylation is 1. The summed E-state index contributed by atoms with van der Waals surface area (Å²) in [7, 11) is 2.11. The molecule has 3 aromatic heterocycles. The summed E-state index contributed by atoms with van der Waals surface area (Å²) in [6, 6.07) is 12.6. The van der Waals surface area contributed by atoms with Gasteiger partial charge in [-0.05, 0) is 62.8 Å². The van der Waals surface area contributed by atoms with E-state index in [-0.39, 0.29) is 6.04 Å². The second kappa shape index (κ2) is 9.22. The van der Waals surface area contributed by atoms with E-state index in [9.17, 15) is 0 Å². The molecule has 0 N–H and O–H groups in total. The van der Waals surface area contributed by atoms with Crippen molar-refractivity contribution in [2.45, 2.75) is 63.6 Å². The first-order chi connectivity index (χ1) is 16.7. The fourth-order valence-corrected chi connectivity index (χ4v) is 5.49. The molecule has 6 rings (SSSR count). The summed E-state index contributed by atoms with van der Waals surface area (Å²) in [6.07, 6.45) is 12.5. The zero-order valence-electron chi connectivity index (χ0n) is 19.7. The van der Waals surface area contributed by atoms with Gasteiger partial charge in [0.1, 0.15) is 6.10 Å². The topological polar surface area (TPSA) is 69.2 Å². The van der Waals surface area contributed by atoms with Crippen LogP contribution in [0.5, 0.6) is 5.88 Å². The lowest BCUT2D eigenvalue weighted by Gasteiger charge is -2.22. The lowest BCUT2D eigenvalue weighted by molar-refractivity contribution is 0.148. The fourth-order valence-electron chi connectivity index (χ4n) is 5.49. The summed E-state index contributed by atoms with van der Waals surface area (Å²) in [4.78, 5) is 11.7. The van der Waals surface area contributed by atoms with Crippen LogP contribution in [0, 0.1) is 0 Å². The van der Waals surface area contributed by atoms with E-state index < -0.39 is 0 Å². The number of aromatic nitrogens is 4. The average Bonchev–Trinajstić information content (AvgIpc) is 3.60. The fraction of sp³-hybridized carbons (Fsp3) is 0.444. The number of nitrogens with zero attached hydrogens (tertiary/aromatic N) is 5. The normalized spacial score (nSPS) is 19.7. The zero-order chi connectivity index (χ0) is 22.9. The van der Waals surface area contributed by atoms with Crippen molar-refractivity contribution >= 4 is 10.9 Å². The maximum atomic E-state index is 6.05. The number of benzene rings is 1. The highest BCUT2D eigenvalue weighted by Gasteiger charge is 2.31. The third kappa shape index (κ3) is 4.20. The monoisotopic (exact) mass is 457 g/mol. The van der Waals surface area contributed by atoms with Crippen LogP contribution < -0.4 is 4.74 Å². The standard InChI is InChI=1S/C27H31N5O2/c1-31-17-20(22-10-5-6-11-23(22)31)18-32-15-7-12-24(32)27-29-26(30-34-27)19-13-14-25(28-16-19)33-21-8-3-2-4-9-21/h5-6,10-11,13-14,16-17,21,24H,2-4,7-9,12,15,18H2,1H3. The van der Waals surface area contributed by atoms with Crippen LogP contribution in [0.15, 0.2) is 53.3 Å². The minimum absolute atomic E-state index is 0.141. The number of ether oxygens (including phenoxy) is 1. The third-order valence-corrected chi connectivity index (χ3v) is 7.28. The van der Waals surface area contributed by atoms with Gasteiger partial charge < -0.3 is 13.8 Å². The second-order valence-electron chi connectivity index (χ2n) is 9.63. The van der Waals surface area contributed by atoms with Gasteiger partial charge in [-0.1, -0.05) is 29.8 Å². The molecule has 7 heteroatoms. The SMILES string of the molecule is Cn1cc(CN2CCCC2c2nc(-c3ccc(OC4CCCCC4)nc3)no2)c2ccccc21. The van der Waals surface area contributed by atoms with Crippen molar-refractivity contribution in [3.8, 4) is 17.3 Å². The van der Waals surface area contributed by atoms with Crippen molar-refractivity contribution < 1.29 is 9.26 Å². The molecule has 1 aliphatic heterocycles. The van der Waals surface area contributed by atoms with Crippen molar-refractivity contribution in [1.29, 1.82) is 0 Å². The largest absolute Gasteiger partial charge is 0.474 e. The molecule has 2 fully saturated rings. The van der Waals surface area contributed by atoms with Gasteiger partial charge in [-0.2, -0.15) is 4.98 Å². The van der Waals surface area contributed by atoms with Crippen molar-refractivity contribution in [1.82, 2.24) is 24.6 Å². The van der Waals surface area contributed by atoms with Gasteiger partial charge in [0.25, 0.3) is 0 Å². The Morgan fingerprint density at radius 2 is 1.91 bits per heavy atom. The number of para-hydroxylation sites is 1. The summed E-state index contributed by atoms with van der Waals surface area (Å²) in [5, 5.41) is 5.58. The Kier molecular flexibility index (Phi) is 5.79.